The van der Waals surface area contributed by atoms with Crippen molar-refractivity contribution in [2.45, 2.75) is 6.92 Å². The molecule has 0 atom stereocenters. The van der Waals surface area contributed by atoms with Crippen molar-refractivity contribution < 1.29 is 18.7 Å². The first-order valence-corrected chi connectivity index (χ1v) is 7.45. The highest BCUT2D eigenvalue weighted by atomic mass is 35.5. The van der Waals surface area contributed by atoms with Crippen LogP contribution in [0.2, 0.25) is 5.02 Å². The Labute approximate surface area is 140 Å². The van der Waals surface area contributed by atoms with Crippen LogP contribution in [-0.2, 0) is 14.3 Å². The number of hydrogen-bond donors (Lipinski definition) is 1. The van der Waals surface area contributed by atoms with Gasteiger partial charge in [0.25, 0.3) is 5.91 Å². The highest BCUT2D eigenvalue weighted by Gasteiger charge is 2.24. The summed E-state index contributed by atoms with van der Waals surface area (Å²) in [6.45, 7) is 1.60. The van der Waals surface area contributed by atoms with Gasteiger partial charge in [-0.25, -0.2) is 9.18 Å². The smallest absolute Gasteiger partial charge is 0.331 e. The predicted octanol–water partition coefficient (Wildman–Crippen LogP) is 2.40. The fourth-order valence-electron chi connectivity index (χ4n) is 1.56. The SMILES string of the molecule is COC(=O)/C=C1/S/C(=N\N=Cc2cc(C)c(F)cc2Cl)NC1=O. The van der Waals surface area contributed by atoms with Crippen LogP contribution in [0.25, 0.3) is 0 Å². The molecule has 1 aliphatic heterocycles. The summed E-state index contributed by atoms with van der Waals surface area (Å²) >= 11 is 6.85. The van der Waals surface area contributed by atoms with Crippen molar-refractivity contribution in [2.75, 3.05) is 7.11 Å². The Morgan fingerprint density at radius 3 is 2.91 bits per heavy atom. The maximum absolute atomic E-state index is 13.3. The minimum Gasteiger partial charge on any atom is -0.466 e. The molecule has 1 heterocycles. The molecule has 23 heavy (non-hydrogen) atoms. The number of hydrogen-bond acceptors (Lipinski definition) is 6. The summed E-state index contributed by atoms with van der Waals surface area (Å²) in [5, 5.41) is 10.5. The van der Waals surface area contributed by atoms with Crippen LogP contribution in [0.1, 0.15) is 11.1 Å². The Bertz CT molecular complexity index is 762. The normalized spacial score (nSPS) is 18.0. The number of amidine groups is 1. The molecular weight excluding hydrogens is 345 g/mol. The van der Waals surface area contributed by atoms with Crippen LogP contribution in [0.5, 0.6) is 0 Å². The number of methoxy groups -OCH3 is 1. The molecule has 0 radical (unpaired) electrons. The third-order valence-corrected chi connectivity index (χ3v) is 3.95. The van der Waals surface area contributed by atoms with Gasteiger partial charge in [-0.3, -0.25) is 10.1 Å². The van der Waals surface area contributed by atoms with E-state index in [1.54, 1.807) is 6.92 Å². The molecule has 0 saturated carbocycles. The highest BCUT2D eigenvalue weighted by Crippen LogP contribution is 2.23. The van der Waals surface area contributed by atoms with Gasteiger partial charge in [0.2, 0.25) is 0 Å². The second-order valence-corrected chi connectivity index (χ2v) is 5.80. The standard InChI is InChI=1S/C14H11ClFN3O3S/c1-7-3-8(9(15)4-10(7)16)6-17-19-14-18-13(21)11(23-14)5-12(20)22-2/h3-6H,1-2H3,(H,18,19,21)/b11-5+,17-6?. The lowest BCUT2D eigenvalue weighted by Crippen LogP contribution is -2.19. The number of amides is 1. The first-order valence-electron chi connectivity index (χ1n) is 6.26. The van der Waals surface area contributed by atoms with Gasteiger partial charge in [0.1, 0.15) is 5.82 Å². The molecule has 0 aromatic heterocycles. The zero-order valence-electron chi connectivity index (χ0n) is 12.1. The van der Waals surface area contributed by atoms with Crippen LogP contribution in [0.15, 0.2) is 33.3 Å². The number of nitrogens with zero attached hydrogens (tertiary/aromatic N) is 2. The number of rotatable bonds is 3. The number of halogens is 2. The van der Waals surface area contributed by atoms with Gasteiger partial charge < -0.3 is 4.74 Å². The molecule has 1 aromatic rings. The van der Waals surface area contributed by atoms with Crippen molar-refractivity contribution in [1.82, 2.24) is 5.32 Å². The van der Waals surface area contributed by atoms with E-state index in [4.69, 9.17) is 11.6 Å². The number of carbonyl (C=O) groups excluding carboxylic acids is 2. The lowest BCUT2D eigenvalue weighted by Gasteiger charge is -2.00. The molecular formula is C14H11ClFN3O3S. The van der Waals surface area contributed by atoms with E-state index in [0.717, 1.165) is 17.8 Å². The molecule has 1 aromatic carbocycles. The minimum atomic E-state index is -0.638. The van der Waals surface area contributed by atoms with E-state index in [1.165, 1.54) is 25.5 Å². The molecule has 1 N–H and O–H groups in total. The van der Waals surface area contributed by atoms with Gasteiger partial charge >= 0.3 is 5.97 Å². The van der Waals surface area contributed by atoms with E-state index < -0.39 is 17.7 Å². The van der Waals surface area contributed by atoms with Crippen molar-refractivity contribution in [3.63, 3.8) is 0 Å². The second kappa shape index (κ2) is 7.38. The Morgan fingerprint density at radius 2 is 2.22 bits per heavy atom. The monoisotopic (exact) mass is 355 g/mol. The molecule has 6 nitrogen and oxygen atoms in total. The molecule has 0 spiro atoms. The molecule has 120 valence electrons. The summed E-state index contributed by atoms with van der Waals surface area (Å²) in [7, 11) is 1.21. The third-order valence-electron chi connectivity index (χ3n) is 2.72. The largest absolute Gasteiger partial charge is 0.466 e. The predicted molar refractivity (Wildman–Crippen MR) is 87.0 cm³/mol. The molecule has 0 aliphatic carbocycles. The van der Waals surface area contributed by atoms with Crippen molar-refractivity contribution in [1.29, 1.82) is 0 Å². The average molecular weight is 356 g/mol. The maximum Gasteiger partial charge on any atom is 0.331 e. The number of aryl methyl sites for hydroxylation is 1. The van der Waals surface area contributed by atoms with E-state index in [-0.39, 0.29) is 15.1 Å². The van der Waals surface area contributed by atoms with Crippen molar-refractivity contribution in [2.24, 2.45) is 10.2 Å². The summed E-state index contributed by atoms with van der Waals surface area (Å²) in [5.41, 5.74) is 0.921. The number of benzene rings is 1. The van der Waals surface area contributed by atoms with Gasteiger partial charge in [0, 0.05) is 11.6 Å². The fraction of sp³-hybridized carbons (Fsp3) is 0.143. The van der Waals surface area contributed by atoms with Gasteiger partial charge in [-0.1, -0.05) is 11.6 Å². The van der Waals surface area contributed by atoms with E-state index >= 15 is 0 Å². The van der Waals surface area contributed by atoms with Crippen LogP contribution >= 0.6 is 23.4 Å². The van der Waals surface area contributed by atoms with Crippen molar-refractivity contribution in [3.05, 3.63) is 45.1 Å². The van der Waals surface area contributed by atoms with Gasteiger partial charge in [0.15, 0.2) is 5.17 Å². The topological polar surface area (TPSA) is 80.1 Å². The van der Waals surface area contributed by atoms with E-state index in [9.17, 15) is 14.0 Å². The van der Waals surface area contributed by atoms with Crippen molar-refractivity contribution >= 4 is 46.6 Å². The third kappa shape index (κ3) is 4.40. The molecule has 1 aliphatic rings. The Hall–Kier alpha value is -2.19. The van der Waals surface area contributed by atoms with Crippen LogP contribution in [0.3, 0.4) is 0 Å². The molecule has 1 amide bonds. The van der Waals surface area contributed by atoms with Crippen LogP contribution in [0, 0.1) is 12.7 Å². The second-order valence-electron chi connectivity index (χ2n) is 4.36. The Kier molecular flexibility index (Phi) is 5.51. The average Bonchev–Trinajstić information content (AvgIpc) is 2.84. The first-order chi connectivity index (χ1) is 10.9. The Morgan fingerprint density at radius 1 is 1.48 bits per heavy atom. The van der Waals surface area contributed by atoms with Crippen LogP contribution < -0.4 is 5.32 Å². The van der Waals surface area contributed by atoms with Crippen LogP contribution in [-0.4, -0.2) is 30.4 Å². The quantitative estimate of drug-likeness (QED) is 0.391. The van der Waals surface area contributed by atoms with Gasteiger partial charge in [-0.2, -0.15) is 5.10 Å². The summed E-state index contributed by atoms with van der Waals surface area (Å²) in [4.78, 5) is 22.9. The van der Waals surface area contributed by atoms with E-state index in [0.29, 0.717) is 11.1 Å². The first kappa shape index (κ1) is 17.2. The molecule has 1 saturated heterocycles. The maximum atomic E-state index is 13.3. The fourth-order valence-corrected chi connectivity index (χ4v) is 2.50. The molecule has 2 rings (SSSR count). The van der Waals surface area contributed by atoms with Gasteiger partial charge in [-0.15, -0.1) is 5.10 Å². The summed E-state index contributed by atoms with van der Waals surface area (Å²) in [6.07, 6.45) is 2.41. The lowest BCUT2D eigenvalue weighted by molar-refractivity contribution is -0.135. The summed E-state index contributed by atoms with van der Waals surface area (Å²) in [5.74, 6) is -1.51. The molecule has 0 bridgehead atoms. The summed E-state index contributed by atoms with van der Waals surface area (Å²) in [6, 6.07) is 2.72. The number of carbonyl (C=O) groups is 2. The number of esters is 1. The lowest BCUT2D eigenvalue weighted by atomic mass is 10.1. The molecule has 1 fully saturated rings. The zero-order valence-corrected chi connectivity index (χ0v) is 13.7. The van der Waals surface area contributed by atoms with Gasteiger partial charge in [-0.05, 0) is 36.4 Å². The number of thioether (sulfide) groups is 1. The van der Waals surface area contributed by atoms with Crippen LogP contribution in [0.4, 0.5) is 4.39 Å². The van der Waals surface area contributed by atoms with Gasteiger partial charge in [0.05, 0.1) is 23.3 Å². The number of ether oxygens (including phenoxy) is 1. The molecule has 9 heteroatoms. The zero-order chi connectivity index (χ0) is 17.0. The summed E-state index contributed by atoms with van der Waals surface area (Å²) < 4.78 is 17.7. The van der Waals surface area contributed by atoms with E-state index in [1.807, 2.05) is 0 Å². The van der Waals surface area contributed by atoms with Crippen molar-refractivity contribution in [3.8, 4) is 0 Å². The highest BCUT2D eigenvalue weighted by molar-refractivity contribution is 8.18. The van der Waals surface area contributed by atoms with E-state index in [2.05, 4.69) is 20.3 Å². The number of nitrogens with one attached hydrogen (secondary N) is 1. The molecule has 0 unspecified atom stereocenters. The minimum absolute atomic E-state index is 0.154. The Balaban J connectivity index is 2.13.